The van der Waals surface area contributed by atoms with Gasteiger partial charge in [-0.3, -0.25) is 4.79 Å². The summed E-state index contributed by atoms with van der Waals surface area (Å²) in [4.78, 5) is 15.8. The van der Waals surface area contributed by atoms with Gasteiger partial charge in [0.25, 0.3) is 5.91 Å². The summed E-state index contributed by atoms with van der Waals surface area (Å²) >= 11 is 11.6. The predicted octanol–water partition coefficient (Wildman–Crippen LogP) is 4.29. The fraction of sp³-hybridized carbons (Fsp3) is 0.294. The molecule has 1 unspecified atom stereocenters. The van der Waals surface area contributed by atoms with Gasteiger partial charge in [0.1, 0.15) is 5.15 Å². The van der Waals surface area contributed by atoms with Gasteiger partial charge in [-0.25, -0.2) is 4.98 Å². The van der Waals surface area contributed by atoms with Crippen molar-refractivity contribution in [3.8, 4) is 0 Å². The van der Waals surface area contributed by atoms with Crippen LogP contribution >= 0.6 is 23.2 Å². The summed E-state index contributed by atoms with van der Waals surface area (Å²) in [5.41, 5.74) is 1.52. The van der Waals surface area contributed by atoms with Crippen molar-refractivity contribution in [2.24, 2.45) is 0 Å². The first-order valence-electron chi connectivity index (χ1n) is 7.33. The van der Waals surface area contributed by atoms with Crippen molar-refractivity contribution in [3.63, 3.8) is 0 Å². The van der Waals surface area contributed by atoms with Crippen LogP contribution in [0.3, 0.4) is 0 Å². The van der Waals surface area contributed by atoms with Gasteiger partial charge in [0.2, 0.25) is 0 Å². The SMILES string of the molecule is CC(OCCCNC(=O)c1cnc(Cl)c(Cl)c1)c1ccccc1. The average Bonchev–Trinajstić information content (AvgIpc) is 2.57. The van der Waals surface area contributed by atoms with E-state index in [1.807, 2.05) is 37.3 Å². The number of aromatic nitrogens is 1. The van der Waals surface area contributed by atoms with E-state index in [0.29, 0.717) is 18.7 Å². The Morgan fingerprint density at radius 2 is 2.04 bits per heavy atom. The molecule has 0 bridgehead atoms. The number of nitrogens with one attached hydrogen (secondary N) is 1. The molecule has 122 valence electrons. The Morgan fingerprint density at radius 3 is 2.74 bits per heavy atom. The van der Waals surface area contributed by atoms with Crippen molar-refractivity contribution >= 4 is 29.1 Å². The molecule has 1 N–H and O–H groups in total. The third-order valence-electron chi connectivity index (χ3n) is 3.30. The quantitative estimate of drug-likeness (QED) is 0.597. The molecule has 2 aromatic rings. The number of amides is 1. The molecule has 0 saturated carbocycles. The molecule has 1 amide bonds. The van der Waals surface area contributed by atoms with E-state index in [0.717, 1.165) is 12.0 Å². The second kappa shape index (κ2) is 8.87. The second-order valence-corrected chi connectivity index (χ2v) is 5.79. The molecule has 0 fully saturated rings. The number of pyridine rings is 1. The minimum atomic E-state index is -0.229. The van der Waals surface area contributed by atoms with Gasteiger partial charge in [0.05, 0.1) is 16.7 Å². The zero-order valence-corrected chi connectivity index (χ0v) is 14.3. The highest BCUT2D eigenvalue weighted by Crippen LogP contribution is 2.19. The zero-order chi connectivity index (χ0) is 16.7. The van der Waals surface area contributed by atoms with Crippen molar-refractivity contribution < 1.29 is 9.53 Å². The third kappa shape index (κ3) is 5.50. The van der Waals surface area contributed by atoms with Crippen LogP contribution in [-0.4, -0.2) is 24.0 Å². The number of nitrogens with zero attached hydrogens (tertiary/aromatic N) is 1. The molecule has 1 aromatic carbocycles. The van der Waals surface area contributed by atoms with Gasteiger partial charge in [-0.2, -0.15) is 0 Å². The summed E-state index contributed by atoms with van der Waals surface area (Å²) in [6, 6.07) is 11.5. The van der Waals surface area contributed by atoms with Crippen molar-refractivity contribution in [2.75, 3.05) is 13.2 Å². The number of benzene rings is 1. The number of hydrogen-bond donors (Lipinski definition) is 1. The maximum absolute atomic E-state index is 11.9. The fourth-order valence-corrected chi connectivity index (χ4v) is 2.27. The fourth-order valence-electron chi connectivity index (χ4n) is 2.00. The molecule has 1 aromatic heterocycles. The van der Waals surface area contributed by atoms with Crippen LogP contribution in [0.4, 0.5) is 0 Å². The molecular formula is C17H18Cl2N2O2. The highest BCUT2D eigenvalue weighted by atomic mass is 35.5. The lowest BCUT2D eigenvalue weighted by Crippen LogP contribution is -2.25. The van der Waals surface area contributed by atoms with Gasteiger partial charge in [-0.1, -0.05) is 53.5 Å². The van der Waals surface area contributed by atoms with Crippen LogP contribution in [-0.2, 0) is 4.74 Å². The van der Waals surface area contributed by atoms with Gasteiger partial charge in [-0.05, 0) is 25.0 Å². The number of carbonyl (C=O) groups excluding carboxylic acids is 1. The lowest BCUT2D eigenvalue weighted by Gasteiger charge is -2.13. The molecule has 1 heterocycles. The summed E-state index contributed by atoms with van der Waals surface area (Å²) in [6.07, 6.45) is 2.15. The number of rotatable bonds is 7. The van der Waals surface area contributed by atoms with E-state index >= 15 is 0 Å². The summed E-state index contributed by atoms with van der Waals surface area (Å²) in [6.45, 7) is 3.09. The Balaban J connectivity index is 1.69. The summed E-state index contributed by atoms with van der Waals surface area (Å²) in [5, 5.41) is 3.25. The normalized spacial score (nSPS) is 12.0. The Morgan fingerprint density at radius 1 is 1.30 bits per heavy atom. The van der Waals surface area contributed by atoms with Gasteiger partial charge >= 0.3 is 0 Å². The summed E-state index contributed by atoms with van der Waals surface area (Å²) in [7, 11) is 0. The molecule has 4 nitrogen and oxygen atoms in total. The van der Waals surface area contributed by atoms with Crippen LogP contribution in [0, 0.1) is 0 Å². The van der Waals surface area contributed by atoms with E-state index in [-0.39, 0.29) is 22.2 Å². The molecular weight excluding hydrogens is 335 g/mol. The minimum absolute atomic E-state index is 0.0335. The Labute approximate surface area is 145 Å². The summed E-state index contributed by atoms with van der Waals surface area (Å²) < 4.78 is 5.75. The standard InChI is InChI=1S/C17H18Cl2N2O2/c1-12(13-6-3-2-4-7-13)23-9-5-8-20-17(22)14-10-15(18)16(19)21-11-14/h2-4,6-7,10-12H,5,8-9H2,1H3,(H,20,22). The first-order chi connectivity index (χ1) is 11.1. The van der Waals surface area contributed by atoms with Gasteiger partial charge < -0.3 is 10.1 Å². The van der Waals surface area contributed by atoms with Gasteiger partial charge in [-0.15, -0.1) is 0 Å². The number of halogens is 2. The highest BCUT2D eigenvalue weighted by Gasteiger charge is 2.09. The lowest BCUT2D eigenvalue weighted by atomic mass is 10.1. The van der Waals surface area contributed by atoms with E-state index in [4.69, 9.17) is 27.9 Å². The van der Waals surface area contributed by atoms with Crippen LogP contribution in [0.5, 0.6) is 0 Å². The van der Waals surface area contributed by atoms with E-state index in [1.165, 1.54) is 12.3 Å². The van der Waals surface area contributed by atoms with Crippen LogP contribution in [0.1, 0.15) is 35.4 Å². The smallest absolute Gasteiger partial charge is 0.252 e. The topological polar surface area (TPSA) is 51.2 Å². The Hall–Kier alpha value is -1.62. The lowest BCUT2D eigenvalue weighted by molar-refractivity contribution is 0.0635. The minimum Gasteiger partial charge on any atom is -0.374 e. The molecule has 6 heteroatoms. The van der Waals surface area contributed by atoms with Crippen molar-refractivity contribution in [3.05, 3.63) is 63.9 Å². The first kappa shape index (κ1) is 17.7. The molecule has 0 aliphatic rings. The molecule has 1 atom stereocenters. The van der Waals surface area contributed by atoms with Crippen molar-refractivity contribution in [1.29, 1.82) is 0 Å². The first-order valence-corrected chi connectivity index (χ1v) is 8.09. The largest absolute Gasteiger partial charge is 0.374 e. The van der Waals surface area contributed by atoms with Gasteiger partial charge in [0, 0.05) is 19.3 Å². The summed E-state index contributed by atoms with van der Waals surface area (Å²) in [5.74, 6) is -0.229. The maximum Gasteiger partial charge on any atom is 0.252 e. The average molecular weight is 353 g/mol. The van der Waals surface area contributed by atoms with Gasteiger partial charge in [0.15, 0.2) is 0 Å². The molecule has 0 spiro atoms. The monoisotopic (exact) mass is 352 g/mol. The maximum atomic E-state index is 11.9. The second-order valence-electron chi connectivity index (χ2n) is 5.03. The number of carbonyl (C=O) groups is 1. The number of ether oxygens (including phenoxy) is 1. The molecule has 23 heavy (non-hydrogen) atoms. The Kier molecular flexibility index (Phi) is 6.84. The highest BCUT2D eigenvalue weighted by molar-refractivity contribution is 6.41. The van der Waals surface area contributed by atoms with E-state index in [1.54, 1.807) is 0 Å². The molecule has 0 radical (unpaired) electrons. The van der Waals surface area contributed by atoms with Crippen molar-refractivity contribution in [1.82, 2.24) is 10.3 Å². The predicted molar refractivity (Wildman–Crippen MR) is 92.0 cm³/mol. The van der Waals surface area contributed by atoms with E-state index in [2.05, 4.69) is 10.3 Å². The van der Waals surface area contributed by atoms with Crippen LogP contribution in [0.2, 0.25) is 10.2 Å². The zero-order valence-electron chi connectivity index (χ0n) is 12.8. The molecule has 2 rings (SSSR count). The van der Waals surface area contributed by atoms with Crippen LogP contribution in [0.15, 0.2) is 42.6 Å². The molecule has 0 saturated heterocycles. The van der Waals surface area contributed by atoms with Crippen molar-refractivity contribution in [2.45, 2.75) is 19.4 Å². The third-order valence-corrected chi connectivity index (χ3v) is 3.99. The molecule has 0 aliphatic heterocycles. The Bertz CT molecular complexity index is 650. The van der Waals surface area contributed by atoms with Crippen LogP contribution < -0.4 is 5.32 Å². The van der Waals surface area contributed by atoms with Crippen LogP contribution in [0.25, 0.3) is 0 Å². The van der Waals surface area contributed by atoms with E-state index < -0.39 is 0 Å². The van der Waals surface area contributed by atoms with E-state index in [9.17, 15) is 4.79 Å². The molecule has 0 aliphatic carbocycles. The number of hydrogen-bond acceptors (Lipinski definition) is 3.